The van der Waals surface area contributed by atoms with E-state index < -0.39 is 0 Å². The van der Waals surface area contributed by atoms with Crippen LogP contribution in [0, 0.1) is 6.92 Å². The summed E-state index contributed by atoms with van der Waals surface area (Å²) in [5.74, 6) is 0.276. The van der Waals surface area contributed by atoms with E-state index in [0.717, 1.165) is 22.0 Å². The number of hydrogen-bond acceptors (Lipinski definition) is 1. The van der Waals surface area contributed by atoms with Gasteiger partial charge in [0.2, 0.25) is 0 Å². The summed E-state index contributed by atoms with van der Waals surface area (Å²) in [5.41, 5.74) is 1.98. The van der Waals surface area contributed by atoms with Crippen LogP contribution in [0.15, 0.2) is 22.7 Å². The van der Waals surface area contributed by atoms with Crippen LogP contribution in [0.5, 0.6) is 0 Å². The molecule has 19 heavy (non-hydrogen) atoms. The molecule has 1 aromatic rings. The molecule has 0 unspecified atom stereocenters. The van der Waals surface area contributed by atoms with E-state index in [-0.39, 0.29) is 5.78 Å². The number of carbonyl (C=O) groups is 1. The molecule has 106 valence electrons. The van der Waals surface area contributed by atoms with Crippen LogP contribution < -0.4 is 0 Å². The van der Waals surface area contributed by atoms with Crippen molar-refractivity contribution in [2.24, 2.45) is 0 Å². The van der Waals surface area contributed by atoms with Crippen LogP contribution in [-0.2, 0) is 0 Å². The maximum atomic E-state index is 12.1. The molecule has 0 amide bonds. The van der Waals surface area contributed by atoms with E-state index in [1.165, 1.54) is 38.5 Å². The van der Waals surface area contributed by atoms with Gasteiger partial charge in [-0.2, -0.15) is 0 Å². The maximum absolute atomic E-state index is 12.1. The lowest BCUT2D eigenvalue weighted by Gasteiger charge is -2.04. The molecule has 1 rings (SSSR count). The average molecular weight is 325 g/mol. The van der Waals surface area contributed by atoms with Gasteiger partial charge in [0.1, 0.15) is 0 Å². The number of rotatable bonds is 9. The first-order chi connectivity index (χ1) is 9.13. The summed E-state index contributed by atoms with van der Waals surface area (Å²) in [5, 5.41) is 0. The molecule has 0 fully saturated rings. The van der Waals surface area contributed by atoms with Crippen LogP contribution in [0.2, 0.25) is 0 Å². The molecule has 0 saturated heterocycles. The standard InChI is InChI=1S/C17H25BrO/c1-3-4-5-6-7-8-9-10-17(19)15-11-14(2)12-16(18)13-15/h11-13H,3-10H2,1-2H3. The SMILES string of the molecule is CCCCCCCCCC(=O)c1cc(C)cc(Br)c1. The summed E-state index contributed by atoms with van der Waals surface area (Å²) in [6, 6.07) is 5.94. The van der Waals surface area contributed by atoms with Crippen molar-refractivity contribution >= 4 is 21.7 Å². The highest BCUT2D eigenvalue weighted by Crippen LogP contribution is 2.18. The Morgan fingerprint density at radius 2 is 1.63 bits per heavy atom. The van der Waals surface area contributed by atoms with Gasteiger partial charge in [-0.25, -0.2) is 0 Å². The minimum atomic E-state index is 0.276. The summed E-state index contributed by atoms with van der Waals surface area (Å²) in [7, 11) is 0. The van der Waals surface area contributed by atoms with E-state index in [4.69, 9.17) is 0 Å². The van der Waals surface area contributed by atoms with Crippen LogP contribution in [0.25, 0.3) is 0 Å². The van der Waals surface area contributed by atoms with Crippen LogP contribution in [0.1, 0.15) is 74.2 Å². The highest BCUT2D eigenvalue weighted by molar-refractivity contribution is 9.10. The Morgan fingerprint density at radius 1 is 1.00 bits per heavy atom. The third-order valence-electron chi connectivity index (χ3n) is 3.37. The van der Waals surface area contributed by atoms with Crippen molar-refractivity contribution in [3.63, 3.8) is 0 Å². The largest absolute Gasteiger partial charge is 0.294 e. The molecule has 0 spiro atoms. The van der Waals surface area contributed by atoms with Crippen molar-refractivity contribution in [1.82, 2.24) is 0 Å². The second kappa shape index (κ2) is 9.30. The normalized spacial score (nSPS) is 10.7. The van der Waals surface area contributed by atoms with Gasteiger partial charge in [0.15, 0.2) is 5.78 Å². The number of aryl methyl sites for hydroxylation is 1. The number of hydrogen-bond donors (Lipinski definition) is 0. The number of unbranched alkanes of at least 4 members (excludes halogenated alkanes) is 6. The van der Waals surface area contributed by atoms with Crippen molar-refractivity contribution in [3.05, 3.63) is 33.8 Å². The predicted molar refractivity (Wildman–Crippen MR) is 85.8 cm³/mol. The Hall–Kier alpha value is -0.630. The highest BCUT2D eigenvalue weighted by Gasteiger charge is 2.06. The summed E-state index contributed by atoms with van der Waals surface area (Å²) >= 11 is 3.45. The van der Waals surface area contributed by atoms with Gasteiger partial charge in [-0.15, -0.1) is 0 Å². The number of benzene rings is 1. The molecular weight excluding hydrogens is 300 g/mol. The first-order valence-electron chi connectivity index (χ1n) is 7.44. The second-order valence-corrected chi connectivity index (χ2v) is 6.23. The maximum Gasteiger partial charge on any atom is 0.162 e. The van der Waals surface area contributed by atoms with E-state index >= 15 is 0 Å². The predicted octanol–water partition coefficient (Wildman–Crippen LogP) is 6.08. The van der Waals surface area contributed by atoms with Crippen LogP contribution >= 0.6 is 15.9 Å². The molecule has 0 heterocycles. The van der Waals surface area contributed by atoms with Gasteiger partial charge in [-0.3, -0.25) is 4.79 Å². The Morgan fingerprint density at radius 3 is 2.26 bits per heavy atom. The van der Waals surface area contributed by atoms with Crippen molar-refractivity contribution in [3.8, 4) is 0 Å². The van der Waals surface area contributed by atoms with Crippen molar-refractivity contribution in [2.45, 2.75) is 65.2 Å². The summed E-state index contributed by atoms with van der Waals surface area (Å²) < 4.78 is 0.996. The van der Waals surface area contributed by atoms with E-state index in [1.54, 1.807) is 0 Å². The minimum Gasteiger partial charge on any atom is -0.294 e. The Bertz CT molecular complexity index is 378. The molecule has 1 nitrogen and oxygen atoms in total. The third kappa shape index (κ3) is 6.91. The lowest BCUT2D eigenvalue weighted by molar-refractivity contribution is 0.0979. The van der Waals surface area contributed by atoms with Crippen LogP contribution in [0.4, 0.5) is 0 Å². The number of ketones is 1. The zero-order chi connectivity index (χ0) is 14.1. The molecule has 0 bridgehead atoms. The number of halogens is 1. The first-order valence-corrected chi connectivity index (χ1v) is 8.23. The average Bonchev–Trinajstić information content (AvgIpc) is 2.36. The minimum absolute atomic E-state index is 0.276. The molecule has 0 radical (unpaired) electrons. The summed E-state index contributed by atoms with van der Waals surface area (Å²) in [6.45, 7) is 4.26. The van der Waals surface area contributed by atoms with Gasteiger partial charge >= 0.3 is 0 Å². The molecule has 0 aliphatic rings. The van der Waals surface area contributed by atoms with Gasteiger partial charge in [0, 0.05) is 16.5 Å². The highest BCUT2D eigenvalue weighted by atomic mass is 79.9. The molecule has 0 aliphatic carbocycles. The second-order valence-electron chi connectivity index (χ2n) is 5.31. The Kier molecular flexibility index (Phi) is 8.04. The Balaban J connectivity index is 2.24. The van der Waals surface area contributed by atoms with E-state index in [2.05, 4.69) is 22.9 Å². The molecule has 0 aliphatic heterocycles. The lowest BCUT2D eigenvalue weighted by atomic mass is 10.0. The van der Waals surface area contributed by atoms with E-state index in [9.17, 15) is 4.79 Å². The van der Waals surface area contributed by atoms with Gasteiger partial charge in [0.05, 0.1) is 0 Å². The summed E-state index contributed by atoms with van der Waals surface area (Å²) in [6.07, 6.45) is 9.46. The lowest BCUT2D eigenvalue weighted by Crippen LogP contribution is -1.99. The van der Waals surface area contributed by atoms with Crippen LogP contribution in [-0.4, -0.2) is 5.78 Å². The fourth-order valence-electron chi connectivity index (χ4n) is 2.28. The van der Waals surface area contributed by atoms with Crippen molar-refractivity contribution in [2.75, 3.05) is 0 Å². The van der Waals surface area contributed by atoms with Gasteiger partial charge in [0.25, 0.3) is 0 Å². The van der Waals surface area contributed by atoms with E-state index in [0.29, 0.717) is 6.42 Å². The summed E-state index contributed by atoms with van der Waals surface area (Å²) in [4.78, 5) is 12.1. The fourth-order valence-corrected chi connectivity index (χ4v) is 2.89. The van der Waals surface area contributed by atoms with E-state index in [1.807, 2.05) is 25.1 Å². The zero-order valence-corrected chi connectivity index (χ0v) is 13.8. The molecule has 2 heteroatoms. The zero-order valence-electron chi connectivity index (χ0n) is 12.2. The monoisotopic (exact) mass is 324 g/mol. The fraction of sp³-hybridized carbons (Fsp3) is 0.588. The number of Topliss-reactive ketones (excluding diaryl/α,β-unsaturated/α-hetero) is 1. The Labute approximate surface area is 125 Å². The smallest absolute Gasteiger partial charge is 0.162 e. The topological polar surface area (TPSA) is 17.1 Å². The molecule has 0 saturated carbocycles. The molecule has 1 aromatic carbocycles. The molecular formula is C17H25BrO. The van der Waals surface area contributed by atoms with Crippen LogP contribution in [0.3, 0.4) is 0 Å². The van der Waals surface area contributed by atoms with Gasteiger partial charge in [-0.1, -0.05) is 61.4 Å². The first kappa shape index (κ1) is 16.4. The van der Waals surface area contributed by atoms with Gasteiger partial charge < -0.3 is 0 Å². The molecule has 0 N–H and O–H groups in total. The quantitative estimate of drug-likeness (QED) is 0.397. The van der Waals surface area contributed by atoms with Crippen molar-refractivity contribution < 1.29 is 4.79 Å². The number of carbonyl (C=O) groups excluding carboxylic acids is 1. The van der Waals surface area contributed by atoms with Gasteiger partial charge in [-0.05, 0) is 37.1 Å². The molecule has 0 atom stereocenters. The molecule has 0 aromatic heterocycles. The third-order valence-corrected chi connectivity index (χ3v) is 3.83. The van der Waals surface area contributed by atoms with Crippen molar-refractivity contribution in [1.29, 1.82) is 0 Å².